The zero-order valence-corrected chi connectivity index (χ0v) is 8.99. The highest BCUT2D eigenvalue weighted by Gasteiger charge is 2.19. The van der Waals surface area contributed by atoms with Crippen molar-refractivity contribution < 1.29 is 14.6 Å². The Morgan fingerprint density at radius 2 is 2.50 bits per heavy atom. The molecule has 0 saturated carbocycles. The summed E-state index contributed by atoms with van der Waals surface area (Å²) >= 11 is 0. The molecule has 0 radical (unpaired) electrons. The Morgan fingerprint density at radius 1 is 1.69 bits per heavy atom. The Bertz CT molecular complexity index is 406. The minimum absolute atomic E-state index is 0.168. The van der Waals surface area contributed by atoms with Crippen LogP contribution < -0.4 is 15.4 Å². The average molecular weight is 222 g/mol. The van der Waals surface area contributed by atoms with E-state index in [1.807, 2.05) is 7.05 Å². The Morgan fingerprint density at radius 3 is 3.19 bits per heavy atom. The number of aromatic carboxylic acids is 1. The number of carbonyl (C=O) groups is 1. The van der Waals surface area contributed by atoms with Crippen LogP contribution in [0.4, 0.5) is 5.69 Å². The maximum absolute atomic E-state index is 10.8. The summed E-state index contributed by atoms with van der Waals surface area (Å²) in [4.78, 5) is 10.8. The Balaban J connectivity index is 2.21. The number of carboxylic acid groups (broad SMARTS) is 1. The number of ether oxygens (including phenoxy) is 1. The molecule has 3 N–H and O–H groups in total. The van der Waals surface area contributed by atoms with Gasteiger partial charge >= 0.3 is 5.97 Å². The van der Waals surface area contributed by atoms with Gasteiger partial charge in [-0.05, 0) is 25.2 Å². The molecule has 1 aromatic carbocycles. The molecule has 1 unspecified atom stereocenters. The molecule has 86 valence electrons. The number of anilines is 1. The molecule has 0 aliphatic carbocycles. The van der Waals surface area contributed by atoms with Crippen LogP contribution in [0.15, 0.2) is 18.2 Å². The number of likely N-dealkylation sites (N-methyl/N-ethyl adjacent to an activating group) is 1. The van der Waals surface area contributed by atoms with Crippen LogP contribution in [0.5, 0.6) is 5.75 Å². The van der Waals surface area contributed by atoms with E-state index >= 15 is 0 Å². The molecule has 0 spiro atoms. The van der Waals surface area contributed by atoms with Gasteiger partial charge in [-0.25, -0.2) is 4.79 Å². The number of hydrogen-bond donors (Lipinski definition) is 3. The van der Waals surface area contributed by atoms with Crippen molar-refractivity contribution in [3.63, 3.8) is 0 Å². The molecule has 2 rings (SSSR count). The van der Waals surface area contributed by atoms with Crippen molar-refractivity contribution in [1.29, 1.82) is 0 Å². The van der Waals surface area contributed by atoms with Crippen LogP contribution in [0.2, 0.25) is 0 Å². The highest BCUT2D eigenvalue weighted by molar-refractivity contribution is 5.89. The second-order valence-corrected chi connectivity index (χ2v) is 3.73. The summed E-state index contributed by atoms with van der Waals surface area (Å²) in [7, 11) is 1.87. The van der Waals surface area contributed by atoms with Crippen LogP contribution in [0.1, 0.15) is 10.4 Å². The lowest BCUT2D eigenvalue weighted by Gasteiger charge is -2.27. The molecule has 5 heteroatoms. The van der Waals surface area contributed by atoms with Gasteiger partial charge in [-0.3, -0.25) is 0 Å². The number of carboxylic acids is 1. The van der Waals surface area contributed by atoms with Gasteiger partial charge in [0.1, 0.15) is 12.4 Å². The summed E-state index contributed by atoms with van der Waals surface area (Å²) in [6.07, 6.45) is 0. The van der Waals surface area contributed by atoms with E-state index in [1.54, 1.807) is 18.2 Å². The third-order valence-electron chi connectivity index (χ3n) is 2.48. The van der Waals surface area contributed by atoms with E-state index in [9.17, 15) is 4.79 Å². The topological polar surface area (TPSA) is 70.6 Å². The summed E-state index contributed by atoms with van der Waals surface area (Å²) in [5.41, 5.74) is 1.01. The lowest BCUT2D eigenvalue weighted by molar-refractivity contribution is 0.0697. The van der Waals surface area contributed by atoms with Gasteiger partial charge in [-0.1, -0.05) is 0 Å². The van der Waals surface area contributed by atoms with E-state index in [0.29, 0.717) is 12.4 Å². The third kappa shape index (κ3) is 2.09. The van der Waals surface area contributed by atoms with Crippen molar-refractivity contribution in [2.24, 2.45) is 0 Å². The van der Waals surface area contributed by atoms with Gasteiger partial charge in [-0.2, -0.15) is 0 Å². The summed E-state index contributed by atoms with van der Waals surface area (Å²) in [5, 5.41) is 15.2. The van der Waals surface area contributed by atoms with Crippen LogP contribution in [-0.2, 0) is 0 Å². The van der Waals surface area contributed by atoms with E-state index in [2.05, 4.69) is 10.6 Å². The third-order valence-corrected chi connectivity index (χ3v) is 2.48. The predicted molar refractivity (Wildman–Crippen MR) is 60.2 cm³/mol. The van der Waals surface area contributed by atoms with Crippen LogP contribution in [0.25, 0.3) is 0 Å². The molecular formula is C11H14N2O3. The standard InChI is InChI=1S/C11H14N2O3/c1-12-5-8-6-16-10-3-2-7(11(14)15)4-9(10)13-8/h2-4,8,12-13H,5-6H2,1H3,(H,14,15). The fourth-order valence-electron chi connectivity index (χ4n) is 1.71. The Hall–Kier alpha value is -1.75. The highest BCUT2D eigenvalue weighted by atomic mass is 16.5. The molecule has 1 heterocycles. The molecule has 0 amide bonds. The van der Waals surface area contributed by atoms with Crippen LogP contribution in [0.3, 0.4) is 0 Å². The van der Waals surface area contributed by atoms with Crippen LogP contribution in [-0.4, -0.2) is 37.3 Å². The molecule has 16 heavy (non-hydrogen) atoms. The van der Waals surface area contributed by atoms with E-state index in [-0.39, 0.29) is 11.6 Å². The first-order chi connectivity index (χ1) is 7.70. The first-order valence-corrected chi connectivity index (χ1v) is 5.12. The second kappa shape index (κ2) is 4.40. The summed E-state index contributed by atoms with van der Waals surface area (Å²) in [5.74, 6) is -0.224. The van der Waals surface area contributed by atoms with E-state index in [4.69, 9.17) is 9.84 Å². The van der Waals surface area contributed by atoms with E-state index in [0.717, 1.165) is 12.2 Å². The quantitative estimate of drug-likeness (QED) is 0.705. The van der Waals surface area contributed by atoms with Crippen molar-refractivity contribution >= 4 is 11.7 Å². The van der Waals surface area contributed by atoms with Crippen molar-refractivity contribution in [2.75, 3.05) is 25.5 Å². The van der Waals surface area contributed by atoms with Crippen LogP contribution >= 0.6 is 0 Å². The Labute approximate surface area is 93.4 Å². The fourth-order valence-corrected chi connectivity index (χ4v) is 1.71. The van der Waals surface area contributed by atoms with Crippen molar-refractivity contribution in [1.82, 2.24) is 5.32 Å². The zero-order valence-electron chi connectivity index (χ0n) is 8.99. The van der Waals surface area contributed by atoms with Gasteiger partial charge in [0, 0.05) is 6.54 Å². The van der Waals surface area contributed by atoms with Gasteiger partial charge in [0.15, 0.2) is 0 Å². The molecule has 0 aromatic heterocycles. The molecule has 0 fully saturated rings. The molecule has 0 saturated heterocycles. The Kier molecular flexibility index (Phi) is 2.96. The number of hydrogen-bond acceptors (Lipinski definition) is 4. The first kappa shape index (κ1) is 10.8. The lowest BCUT2D eigenvalue weighted by atomic mass is 10.1. The monoisotopic (exact) mass is 222 g/mol. The minimum Gasteiger partial charge on any atom is -0.489 e. The molecule has 1 atom stereocenters. The van der Waals surface area contributed by atoms with Crippen molar-refractivity contribution in [3.05, 3.63) is 23.8 Å². The average Bonchev–Trinajstić information content (AvgIpc) is 2.28. The molecule has 1 aliphatic heterocycles. The normalized spacial score (nSPS) is 18.2. The SMILES string of the molecule is CNCC1COc2ccc(C(=O)O)cc2N1. The molecule has 1 aliphatic rings. The van der Waals surface area contributed by atoms with Crippen molar-refractivity contribution in [2.45, 2.75) is 6.04 Å². The van der Waals surface area contributed by atoms with Gasteiger partial charge in [0.2, 0.25) is 0 Å². The van der Waals surface area contributed by atoms with E-state index < -0.39 is 5.97 Å². The van der Waals surface area contributed by atoms with Crippen LogP contribution in [0, 0.1) is 0 Å². The number of nitrogens with one attached hydrogen (secondary N) is 2. The second-order valence-electron chi connectivity index (χ2n) is 3.73. The minimum atomic E-state index is -0.930. The van der Waals surface area contributed by atoms with Gasteiger partial charge in [-0.15, -0.1) is 0 Å². The molecule has 0 bridgehead atoms. The van der Waals surface area contributed by atoms with Gasteiger partial charge in [0.05, 0.1) is 17.3 Å². The largest absolute Gasteiger partial charge is 0.489 e. The van der Waals surface area contributed by atoms with Crippen molar-refractivity contribution in [3.8, 4) is 5.75 Å². The summed E-state index contributed by atoms with van der Waals surface area (Å²) in [6.45, 7) is 1.36. The number of benzene rings is 1. The fraction of sp³-hybridized carbons (Fsp3) is 0.364. The van der Waals surface area contributed by atoms with Gasteiger partial charge in [0.25, 0.3) is 0 Å². The lowest BCUT2D eigenvalue weighted by Crippen LogP contribution is -2.39. The van der Waals surface area contributed by atoms with Gasteiger partial charge < -0.3 is 20.5 Å². The molecule has 5 nitrogen and oxygen atoms in total. The first-order valence-electron chi connectivity index (χ1n) is 5.12. The number of fused-ring (bicyclic) bond motifs is 1. The van der Waals surface area contributed by atoms with E-state index in [1.165, 1.54) is 0 Å². The maximum Gasteiger partial charge on any atom is 0.335 e. The maximum atomic E-state index is 10.8. The smallest absolute Gasteiger partial charge is 0.335 e. The molecule has 1 aromatic rings. The summed E-state index contributed by atoms with van der Waals surface area (Å²) in [6, 6.07) is 4.99. The predicted octanol–water partition coefficient (Wildman–Crippen LogP) is 0.777. The number of rotatable bonds is 3. The highest BCUT2D eigenvalue weighted by Crippen LogP contribution is 2.29. The zero-order chi connectivity index (χ0) is 11.5. The molecular weight excluding hydrogens is 208 g/mol. The summed E-state index contributed by atoms with van der Waals surface area (Å²) < 4.78 is 5.53.